The molecule has 0 heterocycles. The lowest BCUT2D eigenvalue weighted by molar-refractivity contribution is -0.159. The van der Waals surface area contributed by atoms with Crippen LogP contribution >= 0.6 is 0 Å². The molecule has 0 fully saturated rings. The van der Waals surface area contributed by atoms with Crippen molar-refractivity contribution in [3.05, 3.63) is 71.3 Å². The van der Waals surface area contributed by atoms with Crippen molar-refractivity contribution in [3.8, 4) is 0 Å². The van der Waals surface area contributed by atoms with Crippen LogP contribution in [-0.4, -0.2) is 57.6 Å². The molecule has 3 atom stereocenters. The summed E-state index contributed by atoms with van der Waals surface area (Å²) in [6.45, 7) is 21.9. The van der Waals surface area contributed by atoms with Gasteiger partial charge in [0.05, 0.1) is 0 Å². The third-order valence-corrected chi connectivity index (χ3v) is 6.94. The number of ether oxygens (including phenoxy) is 2. The molecule has 0 aliphatic carbocycles. The predicted molar refractivity (Wildman–Crippen MR) is 181 cm³/mol. The first-order valence-corrected chi connectivity index (χ1v) is 16.0. The van der Waals surface area contributed by atoms with Crippen molar-refractivity contribution in [2.45, 2.75) is 131 Å². The van der Waals surface area contributed by atoms with Crippen molar-refractivity contribution < 1.29 is 28.7 Å². The highest BCUT2D eigenvalue weighted by molar-refractivity contribution is 5.94. The van der Waals surface area contributed by atoms with Gasteiger partial charge in [-0.15, -0.1) is 0 Å². The Morgan fingerprint density at radius 3 is 1.78 bits per heavy atom. The average molecular weight is 638 g/mol. The zero-order valence-corrected chi connectivity index (χ0v) is 29.8. The van der Waals surface area contributed by atoms with Gasteiger partial charge in [-0.2, -0.15) is 0 Å². The monoisotopic (exact) mass is 637 g/mol. The van der Waals surface area contributed by atoms with Crippen molar-refractivity contribution >= 4 is 23.9 Å². The Morgan fingerprint density at radius 2 is 1.28 bits per heavy atom. The summed E-state index contributed by atoms with van der Waals surface area (Å²) in [5.41, 5.74) is -0.190. The zero-order chi connectivity index (χ0) is 35.0. The minimum absolute atomic E-state index is 0.0406. The Labute approximate surface area is 275 Å². The predicted octanol–water partition coefficient (Wildman–Crippen LogP) is 6.67. The minimum atomic E-state index is -1.13. The van der Waals surface area contributed by atoms with Crippen molar-refractivity contribution in [3.63, 3.8) is 0 Å². The van der Waals surface area contributed by atoms with Gasteiger partial charge in [-0.3, -0.25) is 9.59 Å². The number of benzene rings is 2. The van der Waals surface area contributed by atoms with Crippen LogP contribution in [0.15, 0.2) is 54.6 Å². The molecular formula is C37H55N3O6. The van der Waals surface area contributed by atoms with Gasteiger partial charge in [0.15, 0.2) is 0 Å². The Balaban J connectivity index is 2.67. The number of hydrogen-bond acceptors (Lipinski definition) is 6. The van der Waals surface area contributed by atoms with Crippen molar-refractivity contribution in [1.82, 2.24) is 15.5 Å². The molecule has 3 unspecified atom stereocenters. The first-order chi connectivity index (χ1) is 21.1. The summed E-state index contributed by atoms with van der Waals surface area (Å²) >= 11 is 0. The molecule has 254 valence electrons. The third-order valence-electron chi connectivity index (χ3n) is 6.94. The Morgan fingerprint density at radius 1 is 0.739 bits per heavy atom. The van der Waals surface area contributed by atoms with E-state index in [0.29, 0.717) is 12.0 Å². The van der Waals surface area contributed by atoms with Gasteiger partial charge in [-0.05, 0) is 98.3 Å². The first kappa shape index (κ1) is 38.3. The van der Waals surface area contributed by atoms with E-state index >= 15 is 0 Å². The molecule has 0 aliphatic rings. The number of hydrogen-bond donors (Lipinski definition) is 2. The van der Waals surface area contributed by atoms with E-state index in [4.69, 9.17) is 9.47 Å². The molecular weight excluding hydrogens is 582 g/mol. The number of carbonyl (C=O) groups is 4. The van der Waals surface area contributed by atoms with E-state index in [1.54, 1.807) is 41.5 Å². The molecule has 9 heteroatoms. The van der Waals surface area contributed by atoms with Gasteiger partial charge in [0.1, 0.15) is 29.3 Å². The summed E-state index contributed by atoms with van der Waals surface area (Å²) in [6, 6.07) is 13.6. The van der Waals surface area contributed by atoms with Crippen LogP contribution in [0.25, 0.3) is 0 Å². The lowest BCUT2D eigenvalue weighted by atomic mass is 9.91. The lowest BCUT2D eigenvalue weighted by Gasteiger charge is -2.44. The Kier molecular flexibility index (Phi) is 13.0. The molecule has 46 heavy (non-hydrogen) atoms. The largest absolute Gasteiger partial charge is 0.458 e. The topological polar surface area (TPSA) is 114 Å². The number of carbonyl (C=O) groups excluding carboxylic acids is 4. The molecule has 2 N–H and O–H groups in total. The molecule has 0 aromatic heterocycles. The summed E-state index contributed by atoms with van der Waals surface area (Å²) in [6.07, 6.45) is -0.201. The van der Waals surface area contributed by atoms with Gasteiger partial charge in [0.25, 0.3) is 0 Å². The number of nitrogens with zero attached hydrogens (tertiary/aromatic N) is 1. The van der Waals surface area contributed by atoms with Gasteiger partial charge in [0.2, 0.25) is 11.8 Å². The number of nitrogens with one attached hydrogen (secondary N) is 2. The van der Waals surface area contributed by atoms with E-state index in [1.807, 2.05) is 96.1 Å². The van der Waals surface area contributed by atoms with Crippen LogP contribution in [0.2, 0.25) is 0 Å². The fraction of sp³-hybridized carbons (Fsp3) is 0.568. The smallest absolute Gasteiger partial charge is 0.408 e. The maximum absolute atomic E-state index is 14.6. The maximum Gasteiger partial charge on any atom is 0.408 e. The normalized spacial score (nSPS) is 14.1. The number of amides is 3. The number of alkyl carbamates (subject to hydrolysis) is 1. The van der Waals surface area contributed by atoms with E-state index in [9.17, 15) is 19.2 Å². The van der Waals surface area contributed by atoms with Crippen LogP contribution in [0.3, 0.4) is 0 Å². The van der Waals surface area contributed by atoms with Gasteiger partial charge in [-0.1, -0.05) is 68.4 Å². The minimum Gasteiger partial charge on any atom is -0.458 e. The van der Waals surface area contributed by atoms with Gasteiger partial charge in [0, 0.05) is 12.0 Å². The highest BCUT2D eigenvalue weighted by Gasteiger charge is 2.43. The molecule has 9 nitrogen and oxygen atoms in total. The molecule has 0 spiro atoms. The molecule has 2 rings (SSSR count). The summed E-state index contributed by atoms with van der Waals surface area (Å²) in [7, 11) is 0. The van der Waals surface area contributed by atoms with Crippen LogP contribution < -0.4 is 10.6 Å². The van der Waals surface area contributed by atoms with Gasteiger partial charge >= 0.3 is 12.1 Å². The second-order valence-electron chi connectivity index (χ2n) is 15.3. The van der Waals surface area contributed by atoms with Crippen LogP contribution in [0, 0.1) is 12.8 Å². The molecule has 0 saturated heterocycles. The van der Waals surface area contributed by atoms with Crippen LogP contribution in [0.5, 0.6) is 0 Å². The fourth-order valence-corrected chi connectivity index (χ4v) is 5.11. The molecule has 3 amide bonds. The molecule has 0 aliphatic heterocycles. The highest BCUT2D eigenvalue weighted by Crippen LogP contribution is 2.33. The van der Waals surface area contributed by atoms with Crippen molar-refractivity contribution in [2.75, 3.05) is 0 Å². The highest BCUT2D eigenvalue weighted by atomic mass is 16.6. The van der Waals surface area contributed by atoms with E-state index in [2.05, 4.69) is 10.6 Å². The van der Waals surface area contributed by atoms with Crippen molar-refractivity contribution in [2.24, 2.45) is 5.92 Å². The van der Waals surface area contributed by atoms with Gasteiger partial charge < -0.3 is 25.0 Å². The van der Waals surface area contributed by atoms with Crippen LogP contribution in [0.1, 0.15) is 105 Å². The second-order valence-corrected chi connectivity index (χ2v) is 15.3. The van der Waals surface area contributed by atoms with Crippen LogP contribution in [-0.2, 0) is 30.3 Å². The third kappa shape index (κ3) is 12.1. The summed E-state index contributed by atoms with van der Waals surface area (Å²) in [5.74, 6) is -1.51. The Hall–Kier alpha value is -3.88. The maximum atomic E-state index is 14.6. The van der Waals surface area contributed by atoms with Gasteiger partial charge in [-0.25, -0.2) is 9.59 Å². The molecule has 2 aromatic carbocycles. The second kappa shape index (κ2) is 15.6. The molecule has 2 aromatic rings. The molecule has 0 bridgehead atoms. The SMILES string of the molecule is Cc1ccccc1C(C(=O)NC(Cc1ccccc1)C(=O)OC(C)(C)C)N(C(=O)C(CC(C)C)NC(=O)OC(C)(C)C)C(C)(C)C. The lowest BCUT2D eigenvalue weighted by Crippen LogP contribution is -2.60. The zero-order valence-electron chi connectivity index (χ0n) is 29.8. The van der Waals surface area contributed by atoms with Crippen LogP contribution in [0.4, 0.5) is 4.79 Å². The van der Waals surface area contributed by atoms with E-state index < -0.39 is 58.7 Å². The fourth-order valence-electron chi connectivity index (χ4n) is 5.11. The summed E-state index contributed by atoms with van der Waals surface area (Å²) < 4.78 is 11.2. The molecule has 0 radical (unpaired) electrons. The summed E-state index contributed by atoms with van der Waals surface area (Å²) in [5, 5.41) is 5.73. The quantitative estimate of drug-likeness (QED) is 0.266. The first-order valence-electron chi connectivity index (χ1n) is 16.0. The van der Waals surface area contributed by atoms with E-state index in [1.165, 1.54) is 4.90 Å². The van der Waals surface area contributed by atoms with Crippen molar-refractivity contribution in [1.29, 1.82) is 0 Å². The van der Waals surface area contributed by atoms with E-state index in [0.717, 1.165) is 11.1 Å². The van der Waals surface area contributed by atoms with E-state index in [-0.39, 0.29) is 12.3 Å². The summed E-state index contributed by atoms with van der Waals surface area (Å²) in [4.78, 5) is 57.2. The molecule has 0 saturated carbocycles. The number of esters is 1. The number of rotatable bonds is 11. The average Bonchev–Trinajstić information content (AvgIpc) is 2.88. The standard InChI is InChI=1S/C37H55N3O6/c1-24(2)22-28(39-34(44)46-37(10,11)12)32(42)40(35(4,5)6)30(27-21-17-16-18-25(27)3)31(41)38-29(33(43)45-36(7,8)9)23-26-19-14-13-15-20-26/h13-21,24,28-30H,22-23H2,1-12H3,(H,38,41)(H,39,44). The number of aryl methyl sites for hydroxylation is 1. The Bertz CT molecular complexity index is 1340.